The van der Waals surface area contributed by atoms with Crippen molar-refractivity contribution in [3.05, 3.63) is 93.8 Å². The zero-order valence-corrected chi connectivity index (χ0v) is 18.8. The zero-order chi connectivity index (χ0) is 23.5. The lowest BCUT2D eigenvalue weighted by Gasteiger charge is -2.29. The molecule has 2 aliphatic heterocycles. The lowest BCUT2D eigenvalue weighted by Crippen LogP contribution is -2.30. The average molecular weight is 463 g/mol. The maximum atomic E-state index is 13.5. The highest BCUT2D eigenvalue weighted by atomic mass is 16.5. The highest BCUT2D eigenvalue weighted by Gasteiger charge is 2.36. The van der Waals surface area contributed by atoms with Gasteiger partial charge in [-0.25, -0.2) is 4.98 Å². The molecule has 0 saturated carbocycles. The number of H-pyrrole nitrogens is 2. The Labute approximate surface area is 200 Å². The molecular formula is C27H22N6O2. The summed E-state index contributed by atoms with van der Waals surface area (Å²) >= 11 is 0. The van der Waals surface area contributed by atoms with Gasteiger partial charge in [-0.3, -0.25) is 14.9 Å². The third-order valence-corrected chi connectivity index (χ3v) is 7.22. The number of fused-ring (bicyclic) bond motifs is 4. The lowest BCUT2D eigenvalue weighted by molar-refractivity contribution is 0.0621. The summed E-state index contributed by atoms with van der Waals surface area (Å²) in [6.07, 6.45) is 12.5. The van der Waals surface area contributed by atoms with Crippen molar-refractivity contribution in [3.63, 3.8) is 0 Å². The first-order valence-corrected chi connectivity index (χ1v) is 11.8. The Hall–Kier alpha value is -4.17. The number of pyridine rings is 1. The fraction of sp³-hybridized carbons (Fsp3) is 0.222. The van der Waals surface area contributed by atoms with E-state index in [1.165, 1.54) is 0 Å². The molecule has 1 saturated heterocycles. The molecule has 8 heteroatoms. The van der Waals surface area contributed by atoms with E-state index in [1.807, 2.05) is 30.3 Å². The van der Waals surface area contributed by atoms with E-state index < -0.39 is 5.92 Å². The topological polar surface area (TPSA) is 120 Å². The van der Waals surface area contributed by atoms with Gasteiger partial charge in [-0.2, -0.15) is 5.10 Å². The van der Waals surface area contributed by atoms with Crippen LogP contribution in [0.25, 0.3) is 27.9 Å². The molecule has 3 atom stereocenters. The van der Waals surface area contributed by atoms with Crippen LogP contribution in [0.2, 0.25) is 0 Å². The van der Waals surface area contributed by atoms with E-state index in [0.717, 1.165) is 52.4 Å². The van der Waals surface area contributed by atoms with Gasteiger partial charge >= 0.3 is 0 Å². The van der Waals surface area contributed by atoms with Crippen LogP contribution in [0.15, 0.2) is 71.4 Å². The van der Waals surface area contributed by atoms with Crippen molar-refractivity contribution >= 4 is 22.2 Å². The molecule has 1 fully saturated rings. The van der Waals surface area contributed by atoms with Gasteiger partial charge in [-0.15, -0.1) is 0 Å². The average Bonchev–Trinajstić information content (AvgIpc) is 3.50. The molecule has 0 spiro atoms. The predicted molar refractivity (Wildman–Crippen MR) is 132 cm³/mol. The molecule has 1 aromatic carbocycles. The summed E-state index contributed by atoms with van der Waals surface area (Å²) < 4.78 is 6.05. The lowest BCUT2D eigenvalue weighted by atomic mass is 9.78. The molecule has 5 heterocycles. The highest BCUT2D eigenvalue weighted by molar-refractivity contribution is 6.12. The number of nitrogens with zero attached hydrogens (tertiary/aromatic N) is 3. The molecule has 8 nitrogen and oxygen atoms in total. The van der Waals surface area contributed by atoms with Crippen molar-refractivity contribution in [1.82, 2.24) is 25.1 Å². The normalized spacial score (nSPS) is 23.2. The molecular weight excluding hydrogens is 440 g/mol. The first-order chi connectivity index (χ1) is 17.2. The number of ether oxygens (including phenoxy) is 1. The number of aromatic nitrogens is 5. The molecule has 1 aliphatic carbocycles. The fourth-order valence-electron chi connectivity index (χ4n) is 5.56. The second-order valence-corrected chi connectivity index (χ2v) is 9.29. The van der Waals surface area contributed by atoms with Crippen LogP contribution in [-0.4, -0.2) is 43.1 Å². The maximum absolute atomic E-state index is 13.5. The van der Waals surface area contributed by atoms with Crippen LogP contribution in [-0.2, 0) is 4.74 Å². The molecule has 3 unspecified atom stereocenters. The second kappa shape index (κ2) is 7.68. The largest absolute Gasteiger partial charge is 0.371 e. The van der Waals surface area contributed by atoms with Crippen LogP contribution < -0.4 is 5.56 Å². The maximum Gasteiger partial charge on any atom is 0.260 e. The molecule has 0 radical (unpaired) electrons. The summed E-state index contributed by atoms with van der Waals surface area (Å²) in [5.74, 6) is 0.0794. The van der Waals surface area contributed by atoms with E-state index in [4.69, 9.17) is 15.1 Å². The fourth-order valence-corrected chi connectivity index (χ4v) is 5.56. The van der Waals surface area contributed by atoms with Gasteiger partial charge in [0, 0.05) is 34.8 Å². The third-order valence-electron chi connectivity index (χ3n) is 7.22. The Kier molecular flexibility index (Phi) is 4.44. The van der Waals surface area contributed by atoms with Crippen LogP contribution in [0.4, 0.5) is 0 Å². The second-order valence-electron chi connectivity index (χ2n) is 9.29. The molecule has 4 aromatic rings. The minimum Gasteiger partial charge on any atom is -0.371 e. The van der Waals surface area contributed by atoms with Crippen LogP contribution in [0, 0.1) is 5.41 Å². The third kappa shape index (κ3) is 3.21. The number of hydrogen-bond acceptors (Lipinski definition) is 6. The number of hydrogen-bond donors (Lipinski definition) is 3. The van der Waals surface area contributed by atoms with Gasteiger partial charge in [-0.1, -0.05) is 24.3 Å². The van der Waals surface area contributed by atoms with Gasteiger partial charge in [0.1, 0.15) is 5.82 Å². The first kappa shape index (κ1) is 20.2. The smallest absolute Gasteiger partial charge is 0.260 e. The number of benzene rings is 1. The van der Waals surface area contributed by atoms with Gasteiger partial charge in [0.2, 0.25) is 0 Å². The highest BCUT2D eigenvalue weighted by Crippen LogP contribution is 2.43. The zero-order valence-electron chi connectivity index (χ0n) is 18.8. The van der Waals surface area contributed by atoms with Gasteiger partial charge < -0.3 is 15.1 Å². The molecule has 3 aliphatic rings. The SMILES string of the molecule is N=C1c2c(nc(-c3ccncc3)[nH]c2=O)C(C2=CC3CCC(C2)O3)=CC1c1cccc2[nH]ncc12. The summed E-state index contributed by atoms with van der Waals surface area (Å²) in [6.45, 7) is 0. The molecule has 35 heavy (non-hydrogen) atoms. The molecule has 172 valence electrons. The van der Waals surface area contributed by atoms with Crippen molar-refractivity contribution < 1.29 is 4.74 Å². The van der Waals surface area contributed by atoms with Gasteiger partial charge in [-0.05, 0) is 48.6 Å². The Bertz CT molecular complexity index is 1610. The molecule has 3 N–H and O–H groups in total. The standard InChI is InChI=1S/C27H22N6O2/c28-24-20(18-2-1-3-22-21(18)13-30-33-22)12-19(15-10-16-4-5-17(11-15)35-16)25-23(24)27(34)32-26(31-25)14-6-8-29-9-7-14/h1-3,6-10,12-13,16-17,20,28H,4-5,11H2,(H,30,33)(H,31,32,34). The van der Waals surface area contributed by atoms with Gasteiger partial charge in [0.15, 0.2) is 0 Å². The minimum absolute atomic E-state index is 0.0897. The van der Waals surface area contributed by atoms with Crippen molar-refractivity contribution in [1.29, 1.82) is 5.41 Å². The van der Waals surface area contributed by atoms with Crippen LogP contribution in [0.5, 0.6) is 0 Å². The summed E-state index contributed by atoms with van der Waals surface area (Å²) in [4.78, 5) is 25.4. The van der Waals surface area contributed by atoms with Crippen LogP contribution in [0.1, 0.15) is 42.0 Å². The summed E-state index contributed by atoms with van der Waals surface area (Å²) in [6, 6.07) is 9.56. The number of aromatic amines is 2. The van der Waals surface area contributed by atoms with Crippen LogP contribution in [0.3, 0.4) is 0 Å². The molecule has 7 rings (SSSR count). The summed E-state index contributed by atoms with van der Waals surface area (Å²) in [5, 5.41) is 17.3. The van der Waals surface area contributed by atoms with Gasteiger partial charge in [0.05, 0.1) is 40.9 Å². The van der Waals surface area contributed by atoms with Crippen molar-refractivity contribution in [2.45, 2.75) is 37.4 Å². The number of allylic oxidation sites excluding steroid dienone is 2. The number of nitrogens with one attached hydrogen (secondary N) is 3. The minimum atomic E-state index is -0.394. The van der Waals surface area contributed by atoms with Crippen LogP contribution >= 0.6 is 0 Å². The van der Waals surface area contributed by atoms with Crippen molar-refractivity contribution in [2.24, 2.45) is 0 Å². The van der Waals surface area contributed by atoms with E-state index in [-0.39, 0.29) is 23.5 Å². The quantitative estimate of drug-likeness (QED) is 0.423. The monoisotopic (exact) mass is 462 g/mol. The van der Waals surface area contributed by atoms with E-state index in [0.29, 0.717) is 17.1 Å². The van der Waals surface area contributed by atoms with E-state index >= 15 is 0 Å². The summed E-state index contributed by atoms with van der Waals surface area (Å²) in [5.41, 5.74) is 5.50. The molecule has 2 bridgehead atoms. The summed E-state index contributed by atoms with van der Waals surface area (Å²) in [7, 11) is 0. The predicted octanol–water partition coefficient (Wildman–Crippen LogP) is 4.13. The van der Waals surface area contributed by atoms with E-state index in [1.54, 1.807) is 18.6 Å². The van der Waals surface area contributed by atoms with Crippen molar-refractivity contribution in [2.75, 3.05) is 0 Å². The molecule has 0 amide bonds. The molecule has 3 aromatic heterocycles. The Morgan fingerprint density at radius 1 is 1.09 bits per heavy atom. The first-order valence-electron chi connectivity index (χ1n) is 11.8. The van der Waals surface area contributed by atoms with E-state index in [9.17, 15) is 4.79 Å². The Morgan fingerprint density at radius 2 is 1.97 bits per heavy atom. The van der Waals surface area contributed by atoms with Crippen molar-refractivity contribution in [3.8, 4) is 11.4 Å². The van der Waals surface area contributed by atoms with E-state index in [2.05, 4.69) is 32.3 Å². The Balaban J connectivity index is 1.46. The Morgan fingerprint density at radius 3 is 2.83 bits per heavy atom. The number of rotatable bonds is 3. The van der Waals surface area contributed by atoms with Gasteiger partial charge in [0.25, 0.3) is 5.56 Å².